The highest BCUT2D eigenvalue weighted by molar-refractivity contribution is 5.75. The van der Waals surface area contributed by atoms with E-state index in [0.29, 0.717) is 5.95 Å². The lowest BCUT2D eigenvalue weighted by Gasteiger charge is -2.20. The molecule has 4 heteroatoms. The van der Waals surface area contributed by atoms with Crippen molar-refractivity contribution in [1.82, 2.24) is 9.97 Å². The molecule has 0 fully saturated rings. The normalized spacial score (nSPS) is 14.5. The highest BCUT2D eigenvalue weighted by Crippen LogP contribution is 2.32. The molecule has 2 rings (SSSR count). The van der Waals surface area contributed by atoms with Crippen LogP contribution in [0, 0.1) is 0 Å². The fourth-order valence-corrected chi connectivity index (χ4v) is 1.63. The molecule has 2 N–H and O–H groups in total. The first kappa shape index (κ1) is 9.12. The van der Waals surface area contributed by atoms with Crippen LogP contribution in [0.5, 0.6) is 0 Å². The Bertz CT molecular complexity index is 401. The number of fused-ring (bicyclic) bond motifs is 1. The molecule has 0 atom stereocenters. The molecule has 14 heavy (non-hydrogen) atoms. The first-order chi connectivity index (χ1) is 6.48. The minimum absolute atomic E-state index is 0.00512. The Hall–Kier alpha value is -1.45. The summed E-state index contributed by atoms with van der Waals surface area (Å²) >= 11 is 0. The fourth-order valence-electron chi connectivity index (χ4n) is 1.63. The largest absolute Gasteiger partial charge is 0.368 e. The SMILES string of the molecule is CC(C)(C)c1nc(N)nc2c1CC=N2. The van der Waals surface area contributed by atoms with Crippen LogP contribution in [-0.4, -0.2) is 16.2 Å². The Kier molecular flexibility index (Phi) is 1.80. The van der Waals surface area contributed by atoms with Gasteiger partial charge in [-0.05, 0) is 0 Å². The second kappa shape index (κ2) is 2.77. The van der Waals surface area contributed by atoms with Gasteiger partial charge in [0.1, 0.15) is 0 Å². The second-order valence-corrected chi connectivity index (χ2v) is 4.50. The van der Waals surface area contributed by atoms with E-state index in [4.69, 9.17) is 5.73 Å². The highest BCUT2D eigenvalue weighted by Gasteiger charge is 2.24. The van der Waals surface area contributed by atoms with E-state index < -0.39 is 0 Å². The quantitative estimate of drug-likeness (QED) is 0.676. The number of aromatic nitrogens is 2. The topological polar surface area (TPSA) is 64.2 Å². The number of aliphatic imine (C=N–C) groups is 1. The van der Waals surface area contributed by atoms with E-state index in [9.17, 15) is 0 Å². The molecule has 1 aliphatic rings. The van der Waals surface area contributed by atoms with E-state index in [1.54, 1.807) is 0 Å². The first-order valence-electron chi connectivity index (χ1n) is 4.68. The Balaban J connectivity index is 2.63. The summed E-state index contributed by atoms with van der Waals surface area (Å²) in [4.78, 5) is 12.6. The Labute approximate surface area is 83.3 Å². The smallest absolute Gasteiger partial charge is 0.222 e. The van der Waals surface area contributed by atoms with E-state index in [1.165, 1.54) is 0 Å². The zero-order valence-electron chi connectivity index (χ0n) is 8.70. The van der Waals surface area contributed by atoms with Crippen LogP contribution in [0.3, 0.4) is 0 Å². The zero-order valence-corrected chi connectivity index (χ0v) is 8.70. The lowest BCUT2D eigenvalue weighted by molar-refractivity contribution is 0.563. The van der Waals surface area contributed by atoms with Gasteiger partial charge in [0.05, 0.1) is 5.69 Å². The molecule has 1 aliphatic heterocycles. The number of nitrogens with two attached hydrogens (primary N) is 1. The molecule has 2 heterocycles. The zero-order chi connectivity index (χ0) is 10.3. The first-order valence-corrected chi connectivity index (χ1v) is 4.68. The standard InChI is InChI=1S/C10H14N4/c1-10(2,3)7-6-4-5-12-8(6)14-9(11)13-7/h5H,4H2,1-3H3,(H2,11,13,14). The lowest BCUT2D eigenvalue weighted by Crippen LogP contribution is -2.18. The van der Waals surface area contributed by atoms with Gasteiger partial charge in [-0.3, -0.25) is 0 Å². The second-order valence-electron chi connectivity index (χ2n) is 4.50. The highest BCUT2D eigenvalue weighted by atomic mass is 15.1. The molecule has 1 aromatic rings. The van der Waals surface area contributed by atoms with Gasteiger partial charge in [0, 0.05) is 23.6 Å². The van der Waals surface area contributed by atoms with Gasteiger partial charge >= 0.3 is 0 Å². The van der Waals surface area contributed by atoms with Gasteiger partial charge in [0.15, 0.2) is 5.82 Å². The molecule has 0 bridgehead atoms. The van der Waals surface area contributed by atoms with Crippen LogP contribution in [0.1, 0.15) is 32.0 Å². The summed E-state index contributed by atoms with van der Waals surface area (Å²) < 4.78 is 0. The van der Waals surface area contributed by atoms with Crippen LogP contribution < -0.4 is 5.73 Å². The number of nitrogen functional groups attached to an aromatic ring is 1. The molecule has 0 aliphatic carbocycles. The Morgan fingerprint density at radius 3 is 2.64 bits per heavy atom. The number of rotatable bonds is 0. The third-order valence-electron chi connectivity index (χ3n) is 2.22. The Morgan fingerprint density at radius 2 is 2.00 bits per heavy atom. The molecular formula is C10H14N4. The van der Waals surface area contributed by atoms with Crippen molar-refractivity contribution >= 4 is 18.0 Å². The molecule has 0 unspecified atom stereocenters. The predicted octanol–water partition coefficient (Wildman–Crippen LogP) is 1.61. The molecule has 0 aromatic carbocycles. The molecule has 4 nitrogen and oxygen atoms in total. The summed E-state index contributed by atoms with van der Waals surface area (Å²) in [6.45, 7) is 6.36. The van der Waals surface area contributed by atoms with Gasteiger partial charge in [0.2, 0.25) is 5.95 Å². The number of hydrogen-bond acceptors (Lipinski definition) is 4. The van der Waals surface area contributed by atoms with Gasteiger partial charge in [-0.15, -0.1) is 0 Å². The molecule has 0 saturated heterocycles. The van der Waals surface area contributed by atoms with Crippen molar-refractivity contribution in [2.75, 3.05) is 5.73 Å². The Morgan fingerprint density at radius 1 is 1.29 bits per heavy atom. The molecule has 0 radical (unpaired) electrons. The van der Waals surface area contributed by atoms with E-state index in [2.05, 4.69) is 35.7 Å². The maximum atomic E-state index is 5.63. The van der Waals surface area contributed by atoms with Gasteiger partial charge in [0.25, 0.3) is 0 Å². The van der Waals surface area contributed by atoms with Crippen molar-refractivity contribution in [2.45, 2.75) is 32.6 Å². The van der Waals surface area contributed by atoms with Gasteiger partial charge < -0.3 is 5.73 Å². The van der Waals surface area contributed by atoms with E-state index in [-0.39, 0.29) is 5.41 Å². The van der Waals surface area contributed by atoms with Crippen LogP contribution in [0.15, 0.2) is 4.99 Å². The third kappa shape index (κ3) is 1.36. The summed E-state index contributed by atoms with van der Waals surface area (Å²) in [5, 5.41) is 0. The maximum Gasteiger partial charge on any atom is 0.222 e. The van der Waals surface area contributed by atoms with Crippen LogP contribution in [-0.2, 0) is 11.8 Å². The molecule has 0 spiro atoms. The number of hydrogen-bond donors (Lipinski definition) is 1. The van der Waals surface area contributed by atoms with Crippen LogP contribution in [0.4, 0.5) is 11.8 Å². The number of nitrogens with zero attached hydrogens (tertiary/aromatic N) is 3. The van der Waals surface area contributed by atoms with Gasteiger partial charge in [-0.2, -0.15) is 4.98 Å². The van der Waals surface area contributed by atoms with Gasteiger partial charge in [-0.25, -0.2) is 9.98 Å². The van der Waals surface area contributed by atoms with E-state index >= 15 is 0 Å². The van der Waals surface area contributed by atoms with Crippen molar-refractivity contribution in [1.29, 1.82) is 0 Å². The van der Waals surface area contributed by atoms with Crippen molar-refractivity contribution in [3.05, 3.63) is 11.3 Å². The molecule has 1 aromatic heterocycles. The van der Waals surface area contributed by atoms with Crippen molar-refractivity contribution in [3.63, 3.8) is 0 Å². The third-order valence-corrected chi connectivity index (χ3v) is 2.22. The minimum Gasteiger partial charge on any atom is -0.368 e. The summed E-state index contributed by atoms with van der Waals surface area (Å²) in [7, 11) is 0. The van der Waals surface area contributed by atoms with Gasteiger partial charge in [-0.1, -0.05) is 20.8 Å². The minimum atomic E-state index is -0.00512. The molecular weight excluding hydrogens is 176 g/mol. The fraction of sp³-hybridized carbons (Fsp3) is 0.500. The maximum absolute atomic E-state index is 5.63. The summed E-state index contributed by atoms with van der Waals surface area (Å²) in [5.74, 6) is 1.05. The van der Waals surface area contributed by atoms with Crippen molar-refractivity contribution in [2.24, 2.45) is 4.99 Å². The van der Waals surface area contributed by atoms with Crippen LogP contribution in [0.25, 0.3) is 0 Å². The molecule has 0 amide bonds. The van der Waals surface area contributed by atoms with Crippen LogP contribution in [0.2, 0.25) is 0 Å². The monoisotopic (exact) mass is 190 g/mol. The lowest BCUT2D eigenvalue weighted by atomic mass is 9.88. The number of anilines is 1. The average Bonchev–Trinajstić information content (AvgIpc) is 2.47. The van der Waals surface area contributed by atoms with E-state index in [1.807, 2.05) is 6.21 Å². The average molecular weight is 190 g/mol. The van der Waals surface area contributed by atoms with Crippen LogP contribution >= 0.6 is 0 Å². The van der Waals surface area contributed by atoms with E-state index in [0.717, 1.165) is 23.5 Å². The van der Waals surface area contributed by atoms with Crippen molar-refractivity contribution < 1.29 is 0 Å². The molecule has 74 valence electrons. The summed E-state index contributed by atoms with van der Waals surface area (Å²) in [6, 6.07) is 0. The summed E-state index contributed by atoms with van der Waals surface area (Å²) in [6.07, 6.45) is 2.68. The predicted molar refractivity (Wildman–Crippen MR) is 57.0 cm³/mol. The molecule has 0 saturated carbocycles. The van der Waals surface area contributed by atoms with Crippen molar-refractivity contribution in [3.8, 4) is 0 Å². The summed E-state index contributed by atoms with van der Waals surface area (Å²) in [5.41, 5.74) is 7.76.